The van der Waals surface area contributed by atoms with Crippen molar-refractivity contribution < 1.29 is 14.6 Å². The number of nitrogen functional groups attached to an aromatic ring is 1. The number of hydrogen-bond donors (Lipinski definition) is 2. The number of likely N-dealkylation sites (tertiary alicyclic amines) is 1. The molecule has 8 nitrogen and oxygen atoms in total. The Kier molecular flexibility index (Phi) is 5.89. The molecule has 1 aromatic carbocycles. The van der Waals surface area contributed by atoms with Crippen LogP contribution in [0.5, 0.6) is 5.75 Å². The van der Waals surface area contributed by atoms with Crippen molar-refractivity contribution in [3.05, 3.63) is 36.8 Å². The molecule has 180 valence electrons. The highest BCUT2D eigenvalue weighted by Gasteiger charge is 2.36. The van der Waals surface area contributed by atoms with Gasteiger partial charge in [-0.25, -0.2) is 9.97 Å². The highest BCUT2D eigenvalue weighted by Crippen LogP contribution is 2.43. The van der Waals surface area contributed by atoms with E-state index in [1.807, 2.05) is 12.1 Å². The van der Waals surface area contributed by atoms with Crippen LogP contribution in [-0.2, 0) is 4.74 Å². The van der Waals surface area contributed by atoms with Gasteiger partial charge in [-0.2, -0.15) is 0 Å². The number of aliphatic hydroxyl groups excluding tert-OH is 1. The smallest absolute Gasteiger partial charge is 0.146 e. The van der Waals surface area contributed by atoms with Crippen molar-refractivity contribution in [3.8, 4) is 16.9 Å². The molecule has 3 aliphatic rings. The number of nitrogens with zero attached hydrogens (tertiary/aromatic N) is 4. The van der Waals surface area contributed by atoms with Crippen LogP contribution in [0.1, 0.15) is 38.1 Å². The molecule has 34 heavy (non-hydrogen) atoms. The van der Waals surface area contributed by atoms with Gasteiger partial charge in [-0.05, 0) is 55.7 Å². The number of aliphatic hydroxyl groups is 1. The molecule has 3 aromatic rings. The first-order valence-electron chi connectivity index (χ1n) is 12.5. The maximum atomic E-state index is 9.54. The molecule has 8 heteroatoms. The lowest BCUT2D eigenvalue weighted by Crippen LogP contribution is -2.53. The van der Waals surface area contributed by atoms with Gasteiger partial charge < -0.3 is 24.9 Å². The minimum absolute atomic E-state index is 0.138. The van der Waals surface area contributed by atoms with Crippen LogP contribution >= 0.6 is 0 Å². The summed E-state index contributed by atoms with van der Waals surface area (Å²) in [6.45, 7) is 4.10. The Hall–Kier alpha value is -2.68. The minimum atomic E-state index is -0.138. The van der Waals surface area contributed by atoms with Crippen LogP contribution in [0.15, 0.2) is 36.8 Å². The topological polar surface area (TPSA) is 98.7 Å². The second-order valence-electron chi connectivity index (χ2n) is 10.1. The quantitative estimate of drug-likeness (QED) is 0.555. The van der Waals surface area contributed by atoms with Gasteiger partial charge in [0.1, 0.15) is 30.1 Å². The molecule has 0 radical (unpaired) electrons. The fourth-order valence-electron chi connectivity index (χ4n) is 5.62. The van der Waals surface area contributed by atoms with Crippen molar-refractivity contribution in [2.24, 2.45) is 5.92 Å². The Balaban J connectivity index is 1.22. The van der Waals surface area contributed by atoms with E-state index in [4.69, 9.17) is 15.2 Å². The molecule has 0 spiro atoms. The van der Waals surface area contributed by atoms with E-state index in [1.54, 1.807) is 6.33 Å². The third-order valence-electron chi connectivity index (χ3n) is 7.55. The summed E-state index contributed by atoms with van der Waals surface area (Å²) in [6.07, 6.45) is 9.41. The molecule has 0 amide bonds. The summed E-state index contributed by atoms with van der Waals surface area (Å²) in [5, 5.41) is 10.4. The molecule has 2 aliphatic heterocycles. The molecule has 4 heterocycles. The zero-order valence-corrected chi connectivity index (χ0v) is 19.5. The van der Waals surface area contributed by atoms with Crippen LogP contribution in [0.4, 0.5) is 5.82 Å². The molecule has 1 unspecified atom stereocenters. The maximum absolute atomic E-state index is 9.54. The maximum Gasteiger partial charge on any atom is 0.146 e. The predicted octanol–water partition coefficient (Wildman–Crippen LogP) is 3.26. The molecule has 3 fully saturated rings. The first kappa shape index (κ1) is 21.8. The van der Waals surface area contributed by atoms with E-state index in [-0.39, 0.29) is 12.2 Å². The lowest BCUT2D eigenvalue weighted by Gasteiger charge is -2.43. The minimum Gasteiger partial charge on any atom is -0.491 e. The molecule has 1 saturated carbocycles. The van der Waals surface area contributed by atoms with E-state index in [0.29, 0.717) is 24.4 Å². The Morgan fingerprint density at radius 3 is 2.85 bits per heavy atom. The van der Waals surface area contributed by atoms with Crippen molar-refractivity contribution in [1.29, 1.82) is 0 Å². The second kappa shape index (κ2) is 9.17. The Bertz CT molecular complexity index is 1150. The highest BCUT2D eigenvalue weighted by atomic mass is 16.5. The lowest BCUT2D eigenvalue weighted by atomic mass is 9.79. The summed E-state index contributed by atoms with van der Waals surface area (Å²) in [5.41, 5.74) is 9.34. The highest BCUT2D eigenvalue weighted by molar-refractivity contribution is 6.00. The second-order valence-corrected chi connectivity index (χ2v) is 10.1. The number of benzene rings is 1. The SMILES string of the molecule is Nc1ncnc2c1c(-c1cccc(OCC3CCCCO3)c1)cn2C1CC(CN2CC(O)C2)C1. The van der Waals surface area contributed by atoms with E-state index in [0.717, 1.165) is 79.8 Å². The number of β-amino-alcohol motifs (C(OH)–C–C–N with tert-alkyl or cyclic N) is 1. The molecule has 1 atom stereocenters. The molecule has 6 rings (SSSR count). The van der Waals surface area contributed by atoms with E-state index < -0.39 is 0 Å². The zero-order valence-electron chi connectivity index (χ0n) is 19.5. The summed E-state index contributed by atoms with van der Waals surface area (Å²) in [4.78, 5) is 11.2. The lowest BCUT2D eigenvalue weighted by molar-refractivity contribution is -0.0188. The van der Waals surface area contributed by atoms with Gasteiger partial charge in [-0.3, -0.25) is 4.90 Å². The van der Waals surface area contributed by atoms with E-state index in [9.17, 15) is 5.11 Å². The first-order valence-corrected chi connectivity index (χ1v) is 12.5. The number of nitrogens with two attached hydrogens (primary N) is 1. The number of hydrogen-bond acceptors (Lipinski definition) is 7. The molecule has 3 N–H and O–H groups in total. The predicted molar refractivity (Wildman–Crippen MR) is 131 cm³/mol. The Morgan fingerprint density at radius 1 is 1.18 bits per heavy atom. The normalized spacial score (nSPS) is 25.7. The van der Waals surface area contributed by atoms with Crippen molar-refractivity contribution in [2.45, 2.75) is 50.4 Å². The van der Waals surface area contributed by atoms with Gasteiger partial charge in [0.2, 0.25) is 0 Å². The standard InChI is InChI=1S/C26H33N5O3/c27-25-24-23(18-4-3-6-21(10-18)34-15-22-5-1-2-7-33-22)14-31(26(24)29-16-28-25)19-8-17(9-19)11-30-12-20(32)13-30/h3-4,6,10,14,16-17,19-20,22,32H,1-2,5,7-9,11-13,15H2,(H2,27,28,29). The summed E-state index contributed by atoms with van der Waals surface area (Å²) >= 11 is 0. The number of fused-ring (bicyclic) bond motifs is 1. The third-order valence-corrected chi connectivity index (χ3v) is 7.55. The van der Waals surface area contributed by atoms with Crippen LogP contribution < -0.4 is 10.5 Å². The average molecular weight is 464 g/mol. The van der Waals surface area contributed by atoms with Crippen LogP contribution in [0, 0.1) is 5.92 Å². The molecule has 2 aromatic heterocycles. The fourth-order valence-corrected chi connectivity index (χ4v) is 5.62. The van der Waals surface area contributed by atoms with Gasteiger partial charge in [-0.15, -0.1) is 0 Å². The monoisotopic (exact) mass is 463 g/mol. The van der Waals surface area contributed by atoms with E-state index >= 15 is 0 Å². The number of ether oxygens (including phenoxy) is 2. The Labute approximate surface area is 199 Å². The molecule has 1 aliphatic carbocycles. The van der Waals surface area contributed by atoms with Crippen molar-refractivity contribution >= 4 is 16.9 Å². The number of anilines is 1. The molecule has 0 bridgehead atoms. The van der Waals surface area contributed by atoms with Gasteiger partial charge in [0, 0.05) is 44.0 Å². The Morgan fingerprint density at radius 2 is 2.06 bits per heavy atom. The third kappa shape index (κ3) is 4.26. The molecular weight excluding hydrogens is 430 g/mol. The number of aromatic nitrogens is 3. The van der Waals surface area contributed by atoms with Crippen LogP contribution in [-0.4, -0.2) is 69.6 Å². The van der Waals surface area contributed by atoms with Gasteiger partial charge in [-0.1, -0.05) is 12.1 Å². The first-order chi connectivity index (χ1) is 16.6. The van der Waals surface area contributed by atoms with Gasteiger partial charge >= 0.3 is 0 Å². The van der Waals surface area contributed by atoms with Crippen molar-refractivity contribution in [2.75, 3.05) is 38.6 Å². The van der Waals surface area contributed by atoms with E-state index in [1.165, 1.54) is 6.42 Å². The summed E-state index contributed by atoms with van der Waals surface area (Å²) in [5.74, 6) is 2.01. The van der Waals surface area contributed by atoms with Crippen LogP contribution in [0.2, 0.25) is 0 Å². The summed E-state index contributed by atoms with van der Waals surface area (Å²) < 4.78 is 14.2. The van der Waals surface area contributed by atoms with Crippen molar-refractivity contribution in [1.82, 2.24) is 19.4 Å². The van der Waals surface area contributed by atoms with Gasteiger partial charge in [0.05, 0.1) is 17.6 Å². The van der Waals surface area contributed by atoms with Crippen LogP contribution in [0.3, 0.4) is 0 Å². The van der Waals surface area contributed by atoms with Crippen LogP contribution in [0.25, 0.3) is 22.2 Å². The molecule has 2 saturated heterocycles. The number of rotatable bonds is 7. The largest absolute Gasteiger partial charge is 0.491 e. The van der Waals surface area contributed by atoms with Gasteiger partial charge in [0.15, 0.2) is 0 Å². The van der Waals surface area contributed by atoms with E-state index in [2.05, 4.69) is 37.8 Å². The van der Waals surface area contributed by atoms with Gasteiger partial charge in [0.25, 0.3) is 0 Å². The summed E-state index contributed by atoms with van der Waals surface area (Å²) in [7, 11) is 0. The zero-order chi connectivity index (χ0) is 23.1. The van der Waals surface area contributed by atoms with Crippen molar-refractivity contribution in [3.63, 3.8) is 0 Å². The average Bonchev–Trinajstić information content (AvgIpc) is 3.20. The molecular formula is C26H33N5O3. The summed E-state index contributed by atoms with van der Waals surface area (Å²) in [6, 6.07) is 8.59. The fraction of sp³-hybridized carbons (Fsp3) is 0.538.